The first-order valence-corrected chi connectivity index (χ1v) is 9.49. The van der Waals surface area contributed by atoms with Gasteiger partial charge >= 0.3 is 0 Å². The summed E-state index contributed by atoms with van der Waals surface area (Å²) in [7, 11) is 3.47. The zero-order chi connectivity index (χ0) is 21.0. The number of ether oxygens (including phenoxy) is 1. The van der Waals surface area contributed by atoms with E-state index in [4.69, 9.17) is 10.1 Å². The second-order valence-corrected chi connectivity index (χ2v) is 7.25. The molecule has 0 saturated carbocycles. The maximum Gasteiger partial charge on any atom is 0.148 e. The molecule has 30 heavy (non-hydrogen) atoms. The first kappa shape index (κ1) is 18.1. The normalized spacial score (nSPS) is 14.3. The van der Waals surface area contributed by atoms with Crippen LogP contribution in [0.2, 0.25) is 0 Å². The van der Waals surface area contributed by atoms with Gasteiger partial charge in [-0.3, -0.25) is 5.41 Å². The molecule has 1 aliphatic rings. The van der Waals surface area contributed by atoms with Crippen molar-refractivity contribution in [1.29, 1.82) is 5.41 Å². The highest BCUT2D eigenvalue weighted by Gasteiger charge is 2.33. The number of rotatable bonds is 3. The van der Waals surface area contributed by atoms with Gasteiger partial charge in [0.2, 0.25) is 0 Å². The third-order valence-electron chi connectivity index (χ3n) is 5.58. The number of aliphatic hydroxyl groups is 1. The van der Waals surface area contributed by atoms with E-state index in [9.17, 15) is 10.2 Å². The number of benzene rings is 3. The molecule has 4 aromatic rings. The number of phenols is 1. The Morgan fingerprint density at radius 1 is 1.03 bits per heavy atom. The van der Waals surface area contributed by atoms with Crippen LogP contribution in [-0.2, 0) is 7.05 Å². The van der Waals surface area contributed by atoms with Crippen LogP contribution in [-0.4, -0.2) is 39.3 Å². The van der Waals surface area contributed by atoms with Gasteiger partial charge in [-0.15, -0.1) is 0 Å². The number of phenolic OH excluding ortho intramolecular Hbond substituents is 1. The molecule has 150 valence electrons. The second-order valence-electron chi connectivity index (χ2n) is 7.25. The Bertz CT molecular complexity index is 1370. The molecule has 0 aliphatic carbocycles. The largest absolute Gasteiger partial charge is 0.509 e. The van der Waals surface area contributed by atoms with Gasteiger partial charge in [-0.05, 0) is 24.3 Å². The first-order valence-electron chi connectivity index (χ1n) is 9.49. The van der Waals surface area contributed by atoms with E-state index in [1.165, 1.54) is 0 Å². The van der Waals surface area contributed by atoms with Gasteiger partial charge in [0.05, 0.1) is 35.9 Å². The summed E-state index contributed by atoms with van der Waals surface area (Å²) in [5, 5.41) is 31.3. The molecule has 0 fully saturated rings. The number of hydrogen-bond donors (Lipinski definition) is 3. The van der Waals surface area contributed by atoms with Crippen LogP contribution in [0.15, 0.2) is 60.4 Å². The van der Waals surface area contributed by atoms with Crippen LogP contribution in [0.25, 0.3) is 27.4 Å². The van der Waals surface area contributed by atoms with E-state index in [1.54, 1.807) is 24.1 Å². The summed E-state index contributed by atoms with van der Waals surface area (Å²) in [5.74, 6) is 1.65. The molecule has 3 N–H and O–H groups in total. The van der Waals surface area contributed by atoms with Crippen LogP contribution in [0.3, 0.4) is 0 Å². The van der Waals surface area contributed by atoms with E-state index in [1.807, 2.05) is 54.1 Å². The fraction of sp³-hybridized carbons (Fsp3) is 0.130. The van der Waals surface area contributed by atoms with Gasteiger partial charge in [-0.1, -0.05) is 24.3 Å². The molecule has 0 amide bonds. The number of nitrogens with one attached hydrogen (secondary N) is 1. The molecule has 7 heteroatoms. The quantitative estimate of drug-likeness (QED) is 0.479. The number of aromatic nitrogens is 2. The van der Waals surface area contributed by atoms with E-state index in [0.29, 0.717) is 22.5 Å². The number of aryl methyl sites for hydroxylation is 1. The third kappa shape index (κ3) is 2.52. The van der Waals surface area contributed by atoms with Gasteiger partial charge < -0.3 is 24.4 Å². The van der Waals surface area contributed by atoms with Gasteiger partial charge in [0.25, 0.3) is 0 Å². The molecule has 3 aromatic carbocycles. The van der Waals surface area contributed by atoms with Crippen molar-refractivity contribution in [2.24, 2.45) is 7.05 Å². The number of hydrogen-bond acceptors (Lipinski definition) is 5. The second kappa shape index (κ2) is 6.52. The molecule has 0 atom stereocenters. The smallest absolute Gasteiger partial charge is 0.148 e. The van der Waals surface area contributed by atoms with Crippen molar-refractivity contribution in [3.05, 3.63) is 66.2 Å². The van der Waals surface area contributed by atoms with Crippen LogP contribution >= 0.6 is 0 Å². The highest BCUT2D eigenvalue weighted by Crippen LogP contribution is 2.37. The Morgan fingerprint density at radius 3 is 2.60 bits per heavy atom. The van der Waals surface area contributed by atoms with E-state index in [-0.39, 0.29) is 23.9 Å². The molecule has 0 spiro atoms. The number of anilines is 1. The fourth-order valence-corrected chi connectivity index (χ4v) is 4.06. The fourth-order valence-electron chi connectivity index (χ4n) is 4.06. The molecule has 0 radical (unpaired) electrons. The van der Waals surface area contributed by atoms with Gasteiger partial charge in [-0.25, -0.2) is 4.98 Å². The van der Waals surface area contributed by atoms with Gasteiger partial charge in [0, 0.05) is 23.9 Å². The summed E-state index contributed by atoms with van der Waals surface area (Å²) < 4.78 is 7.15. The number of amidine groups is 1. The summed E-state index contributed by atoms with van der Waals surface area (Å²) in [6, 6.07) is 16.5. The van der Waals surface area contributed by atoms with Crippen molar-refractivity contribution in [1.82, 2.24) is 9.55 Å². The lowest BCUT2D eigenvalue weighted by atomic mass is 10.1. The monoisotopic (exact) mass is 400 g/mol. The predicted octanol–water partition coefficient (Wildman–Crippen LogP) is 4.21. The Morgan fingerprint density at radius 2 is 1.80 bits per heavy atom. The van der Waals surface area contributed by atoms with Crippen LogP contribution in [0.5, 0.6) is 11.5 Å². The molecule has 0 saturated heterocycles. The van der Waals surface area contributed by atoms with Crippen molar-refractivity contribution in [2.45, 2.75) is 0 Å². The molecule has 2 heterocycles. The van der Waals surface area contributed by atoms with Crippen LogP contribution < -0.4 is 9.64 Å². The van der Waals surface area contributed by atoms with Gasteiger partial charge in [-0.2, -0.15) is 0 Å². The number of aromatic hydroxyl groups is 1. The van der Waals surface area contributed by atoms with Crippen LogP contribution in [0, 0.1) is 5.41 Å². The number of fused-ring (bicyclic) bond motifs is 2. The summed E-state index contributed by atoms with van der Waals surface area (Å²) in [6.07, 6.45) is 0. The Hall–Kier alpha value is -4.00. The van der Waals surface area contributed by atoms with Crippen molar-refractivity contribution in [3.63, 3.8) is 0 Å². The predicted molar refractivity (Wildman–Crippen MR) is 118 cm³/mol. The van der Waals surface area contributed by atoms with Gasteiger partial charge in [0.15, 0.2) is 0 Å². The summed E-state index contributed by atoms with van der Waals surface area (Å²) >= 11 is 0. The van der Waals surface area contributed by atoms with Crippen LogP contribution in [0.1, 0.15) is 5.82 Å². The average molecular weight is 400 g/mol. The van der Waals surface area contributed by atoms with Crippen molar-refractivity contribution in [3.8, 4) is 11.5 Å². The standard InChI is InChI=1S/C23H20N4O3/c1-26-18-10-9-13(30-2)11-16(18)25-23(26)21-20(29)12-27(22(21)24)17-7-3-6-15-14(17)5-4-8-19(15)28/h3-11,24,28-29H,12H2,1-2H3. The zero-order valence-corrected chi connectivity index (χ0v) is 16.5. The Labute approximate surface area is 172 Å². The van der Waals surface area contributed by atoms with Crippen molar-refractivity contribution in [2.75, 3.05) is 18.6 Å². The average Bonchev–Trinajstić information content (AvgIpc) is 3.22. The maximum absolute atomic E-state index is 10.8. The Kier molecular flexibility index (Phi) is 3.92. The lowest BCUT2D eigenvalue weighted by molar-refractivity contribution is 0.411. The summed E-state index contributed by atoms with van der Waals surface area (Å²) in [5.41, 5.74) is 2.75. The number of methoxy groups -OCH3 is 1. The minimum atomic E-state index is 0.0857. The molecule has 5 rings (SSSR count). The molecular weight excluding hydrogens is 380 g/mol. The lowest BCUT2D eigenvalue weighted by Gasteiger charge is -2.21. The number of nitrogens with zero attached hydrogens (tertiary/aromatic N) is 3. The number of aliphatic hydroxyl groups excluding tert-OH is 1. The Balaban J connectivity index is 1.61. The highest BCUT2D eigenvalue weighted by atomic mass is 16.5. The molecule has 1 aliphatic heterocycles. The third-order valence-corrected chi connectivity index (χ3v) is 5.58. The van der Waals surface area contributed by atoms with E-state index >= 15 is 0 Å². The summed E-state index contributed by atoms with van der Waals surface area (Å²) in [4.78, 5) is 6.39. The molecule has 7 nitrogen and oxygen atoms in total. The van der Waals surface area contributed by atoms with Crippen molar-refractivity contribution >= 4 is 38.9 Å². The van der Waals surface area contributed by atoms with E-state index in [0.717, 1.165) is 22.1 Å². The molecule has 1 aromatic heterocycles. The van der Waals surface area contributed by atoms with Crippen molar-refractivity contribution < 1.29 is 14.9 Å². The molecular formula is C23H20N4O3. The minimum Gasteiger partial charge on any atom is -0.509 e. The number of imidazole rings is 1. The molecule has 0 bridgehead atoms. The zero-order valence-electron chi connectivity index (χ0n) is 16.5. The summed E-state index contributed by atoms with van der Waals surface area (Å²) in [6.45, 7) is 0.162. The van der Waals surface area contributed by atoms with Crippen LogP contribution in [0.4, 0.5) is 5.69 Å². The van der Waals surface area contributed by atoms with E-state index < -0.39 is 0 Å². The highest BCUT2D eigenvalue weighted by molar-refractivity contribution is 6.31. The minimum absolute atomic E-state index is 0.0857. The SMILES string of the molecule is COc1ccc2c(c1)nc(C1=C(O)CN(c3cccc4c(O)cccc34)C1=N)n2C. The van der Waals surface area contributed by atoms with E-state index in [2.05, 4.69) is 4.98 Å². The first-order chi connectivity index (χ1) is 14.5. The topological polar surface area (TPSA) is 94.6 Å². The van der Waals surface area contributed by atoms with Gasteiger partial charge in [0.1, 0.15) is 28.9 Å². The maximum atomic E-state index is 10.8. The lowest BCUT2D eigenvalue weighted by Crippen LogP contribution is -2.26. The molecule has 0 unspecified atom stereocenters.